The molecule has 0 spiro atoms. The van der Waals surface area contributed by atoms with Crippen molar-refractivity contribution < 1.29 is 19.4 Å². The number of aliphatic carboxylic acids is 1. The zero-order valence-electron chi connectivity index (χ0n) is 10.3. The molecule has 0 aliphatic heterocycles. The van der Waals surface area contributed by atoms with E-state index < -0.39 is 5.97 Å². The Morgan fingerprint density at radius 3 is 2.72 bits per heavy atom. The molecule has 0 radical (unpaired) electrons. The standard InChI is InChI=1S/C13H15NO4/c1-9-7-10(4-6-13(16)17)3-5-11(9)14-12(15)8-18-2/h3-7H,8H2,1-2H3,(H,14,15)(H,16,17). The Bertz CT molecular complexity index is 480. The van der Waals surface area contributed by atoms with Gasteiger partial charge in [-0.1, -0.05) is 6.07 Å². The number of rotatable bonds is 5. The summed E-state index contributed by atoms with van der Waals surface area (Å²) in [6.45, 7) is 1.83. The van der Waals surface area contributed by atoms with E-state index in [1.807, 2.05) is 6.92 Å². The average Bonchev–Trinajstić information content (AvgIpc) is 2.30. The van der Waals surface area contributed by atoms with Gasteiger partial charge in [-0.25, -0.2) is 4.79 Å². The van der Waals surface area contributed by atoms with Crippen LogP contribution in [-0.2, 0) is 14.3 Å². The van der Waals surface area contributed by atoms with Crippen LogP contribution in [0.15, 0.2) is 24.3 Å². The summed E-state index contributed by atoms with van der Waals surface area (Å²) in [4.78, 5) is 21.7. The highest BCUT2D eigenvalue weighted by Gasteiger charge is 2.04. The number of amides is 1. The largest absolute Gasteiger partial charge is 0.478 e. The molecule has 2 N–H and O–H groups in total. The molecule has 0 aliphatic rings. The molecule has 0 heterocycles. The van der Waals surface area contributed by atoms with Gasteiger partial charge in [0.05, 0.1) is 0 Å². The van der Waals surface area contributed by atoms with Gasteiger partial charge in [-0.2, -0.15) is 0 Å². The number of methoxy groups -OCH3 is 1. The fourth-order valence-corrected chi connectivity index (χ4v) is 1.42. The number of carbonyl (C=O) groups excluding carboxylic acids is 1. The van der Waals surface area contributed by atoms with Crippen molar-refractivity contribution in [2.45, 2.75) is 6.92 Å². The molecule has 0 unspecified atom stereocenters. The van der Waals surface area contributed by atoms with Crippen LogP contribution in [-0.4, -0.2) is 30.7 Å². The Balaban J connectivity index is 2.79. The summed E-state index contributed by atoms with van der Waals surface area (Å²) >= 11 is 0. The van der Waals surface area contributed by atoms with Gasteiger partial charge >= 0.3 is 5.97 Å². The Kier molecular flexibility index (Phi) is 5.07. The minimum absolute atomic E-state index is 0.000108. The Labute approximate surface area is 105 Å². The fraction of sp³-hybridized carbons (Fsp3) is 0.231. The molecular formula is C13H15NO4. The van der Waals surface area contributed by atoms with E-state index in [0.717, 1.165) is 17.2 Å². The SMILES string of the molecule is COCC(=O)Nc1ccc(C=CC(=O)O)cc1C. The molecule has 1 aromatic carbocycles. The lowest BCUT2D eigenvalue weighted by molar-refractivity contribution is -0.131. The van der Waals surface area contributed by atoms with Crippen LogP contribution < -0.4 is 5.32 Å². The van der Waals surface area contributed by atoms with Crippen LogP contribution >= 0.6 is 0 Å². The first-order chi connectivity index (χ1) is 8.52. The normalized spacial score (nSPS) is 10.6. The van der Waals surface area contributed by atoms with Crippen LogP contribution in [0, 0.1) is 6.92 Å². The van der Waals surface area contributed by atoms with Gasteiger partial charge in [0.1, 0.15) is 6.61 Å². The second-order valence-electron chi connectivity index (χ2n) is 3.73. The number of nitrogens with one attached hydrogen (secondary N) is 1. The Morgan fingerprint density at radius 2 is 2.17 bits per heavy atom. The number of anilines is 1. The highest BCUT2D eigenvalue weighted by Crippen LogP contribution is 2.17. The molecular weight excluding hydrogens is 234 g/mol. The molecule has 5 heteroatoms. The van der Waals surface area contributed by atoms with Gasteiger partial charge < -0.3 is 15.2 Å². The topological polar surface area (TPSA) is 75.6 Å². The number of carboxylic acids is 1. The first-order valence-electron chi connectivity index (χ1n) is 5.33. The van der Waals surface area contributed by atoms with Gasteiger partial charge in [-0.05, 0) is 36.3 Å². The van der Waals surface area contributed by atoms with Crippen LogP contribution in [0.4, 0.5) is 5.69 Å². The lowest BCUT2D eigenvalue weighted by Crippen LogP contribution is -2.17. The third kappa shape index (κ3) is 4.39. The summed E-state index contributed by atoms with van der Waals surface area (Å²) in [5, 5.41) is 11.2. The lowest BCUT2D eigenvalue weighted by atomic mass is 10.1. The van der Waals surface area contributed by atoms with Crippen LogP contribution in [0.1, 0.15) is 11.1 Å². The Hall–Kier alpha value is -2.14. The van der Waals surface area contributed by atoms with E-state index in [9.17, 15) is 9.59 Å². The molecule has 0 aromatic heterocycles. The van der Waals surface area contributed by atoms with E-state index in [0.29, 0.717) is 5.69 Å². The number of hydrogen-bond donors (Lipinski definition) is 2. The molecule has 0 bridgehead atoms. The van der Waals surface area contributed by atoms with Gasteiger partial charge in [0.15, 0.2) is 0 Å². The van der Waals surface area contributed by atoms with Crippen LogP contribution in [0.2, 0.25) is 0 Å². The maximum Gasteiger partial charge on any atom is 0.328 e. The molecule has 0 fully saturated rings. The first kappa shape index (κ1) is 13.9. The van der Waals surface area contributed by atoms with Crippen molar-refractivity contribution in [3.05, 3.63) is 35.4 Å². The fourth-order valence-electron chi connectivity index (χ4n) is 1.42. The number of carboxylic acid groups (broad SMARTS) is 1. The molecule has 5 nitrogen and oxygen atoms in total. The van der Waals surface area contributed by atoms with E-state index in [4.69, 9.17) is 9.84 Å². The van der Waals surface area contributed by atoms with Crippen molar-refractivity contribution in [2.75, 3.05) is 19.0 Å². The number of ether oxygens (including phenoxy) is 1. The predicted molar refractivity (Wildman–Crippen MR) is 68.4 cm³/mol. The lowest BCUT2D eigenvalue weighted by Gasteiger charge is -2.08. The minimum Gasteiger partial charge on any atom is -0.478 e. The molecule has 96 valence electrons. The second-order valence-corrected chi connectivity index (χ2v) is 3.73. The maximum absolute atomic E-state index is 11.3. The van der Waals surface area contributed by atoms with Crippen molar-refractivity contribution >= 4 is 23.6 Å². The number of hydrogen-bond acceptors (Lipinski definition) is 3. The summed E-state index contributed by atoms with van der Waals surface area (Å²) in [6, 6.07) is 5.25. The minimum atomic E-state index is -0.995. The average molecular weight is 249 g/mol. The summed E-state index contributed by atoms with van der Waals surface area (Å²) < 4.78 is 4.72. The van der Waals surface area contributed by atoms with E-state index in [2.05, 4.69) is 5.32 Å². The highest BCUT2D eigenvalue weighted by molar-refractivity contribution is 5.92. The second kappa shape index (κ2) is 6.56. The van der Waals surface area contributed by atoms with Gasteiger partial charge in [-0.15, -0.1) is 0 Å². The zero-order valence-corrected chi connectivity index (χ0v) is 10.3. The Morgan fingerprint density at radius 1 is 1.44 bits per heavy atom. The van der Waals surface area contributed by atoms with E-state index in [1.165, 1.54) is 13.2 Å². The summed E-state index contributed by atoms with van der Waals surface area (Å²) in [7, 11) is 1.45. The molecule has 0 saturated heterocycles. The predicted octanol–water partition coefficient (Wildman–Crippen LogP) is 1.68. The molecule has 0 aliphatic carbocycles. The van der Waals surface area contributed by atoms with Crippen molar-refractivity contribution in [3.8, 4) is 0 Å². The van der Waals surface area contributed by atoms with Gasteiger partial charge in [0.2, 0.25) is 5.91 Å². The third-order valence-corrected chi connectivity index (χ3v) is 2.22. The third-order valence-electron chi connectivity index (χ3n) is 2.22. The number of aryl methyl sites for hydroxylation is 1. The number of carbonyl (C=O) groups is 2. The van der Waals surface area contributed by atoms with Crippen molar-refractivity contribution in [1.29, 1.82) is 0 Å². The molecule has 1 rings (SSSR count). The van der Waals surface area contributed by atoms with Crippen molar-refractivity contribution in [1.82, 2.24) is 0 Å². The summed E-state index contributed by atoms with van der Waals surface area (Å²) in [6.07, 6.45) is 2.56. The zero-order chi connectivity index (χ0) is 13.5. The van der Waals surface area contributed by atoms with Crippen LogP contribution in [0.25, 0.3) is 6.08 Å². The van der Waals surface area contributed by atoms with Crippen molar-refractivity contribution in [2.24, 2.45) is 0 Å². The smallest absolute Gasteiger partial charge is 0.328 e. The van der Waals surface area contributed by atoms with E-state index in [-0.39, 0.29) is 12.5 Å². The van der Waals surface area contributed by atoms with E-state index >= 15 is 0 Å². The summed E-state index contributed by atoms with van der Waals surface area (Å²) in [5.74, 6) is -1.22. The first-order valence-corrected chi connectivity index (χ1v) is 5.33. The quantitative estimate of drug-likeness (QED) is 0.778. The molecule has 0 saturated carbocycles. The van der Waals surface area contributed by atoms with Crippen LogP contribution in [0.5, 0.6) is 0 Å². The van der Waals surface area contributed by atoms with Gasteiger partial charge in [-0.3, -0.25) is 4.79 Å². The molecule has 1 aromatic rings. The molecule has 0 atom stereocenters. The van der Waals surface area contributed by atoms with E-state index in [1.54, 1.807) is 18.2 Å². The number of benzene rings is 1. The van der Waals surface area contributed by atoms with Gasteiger partial charge in [0, 0.05) is 18.9 Å². The maximum atomic E-state index is 11.3. The summed E-state index contributed by atoms with van der Waals surface area (Å²) in [5.41, 5.74) is 2.30. The molecule has 18 heavy (non-hydrogen) atoms. The highest BCUT2D eigenvalue weighted by atomic mass is 16.5. The van der Waals surface area contributed by atoms with Crippen LogP contribution in [0.3, 0.4) is 0 Å². The monoisotopic (exact) mass is 249 g/mol. The van der Waals surface area contributed by atoms with Gasteiger partial charge in [0.25, 0.3) is 0 Å². The van der Waals surface area contributed by atoms with Crippen molar-refractivity contribution in [3.63, 3.8) is 0 Å². The molecule has 1 amide bonds.